The Hall–Kier alpha value is -1.69. The van der Waals surface area contributed by atoms with Crippen molar-refractivity contribution in [1.29, 1.82) is 0 Å². The lowest BCUT2D eigenvalue weighted by Crippen LogP contribution is -2.21. The van der Waals surface area contributed by atoms with Gasteiger partial charge in [0.25, 0.3) is 0 Å². The van der Waals surface area contributed by atoms with Gasteiger partial charge in [0.05, 0.1) is 19.4 Å². The van der Waals surface area contributed by atoms with E-state index in [9.17, 15) is 9.59 Å². The zero-order valence-corrected chi connectivity index (χ0v) is 11.6. The summed E-state index contributed by atoms with van der Waals surface area (Å²) in [6.45, 7) is 2.41. The van der Waals surface area contributed by atoms with Gasteiger partial charge in [-0.2, -0.15) is 4.73 Å². The Labute approximate surface area is 117 Å². The molecular weight excluding hydrogens is 266 g/mol. The van der Waals surface area contributed by atoms with Crippen LogP contribution in [0.2, 0.25) is 0 Å². The van der Waals surface area contributed by atoms with Gasteiger partial charge in [-0.05, 0) is 18.6 Å². The van der Waals surface area contributed by atoms with Gasteiger partial charge >= 0.3 is 11.9 Å². The molecule has 0 radical (unpaired) electrons. The molecule has 0 N–H and O–H groups in total. The van der Waals surface area contributed by atoms with Crippen molar-refractivity contribution in [2.45, 2.75) is 32.6 Å². The lowest BCUT2D eigenvalue weighted by Gasteiger charge is -2.07. The van der Waals surface area contributed by atoms with Crippen LogP contribution in [-0.2, 0) is 14.3 Å². The number of unbranched alkanes of at least 4 members (excludes halogenated alkanes) is 1. The van der Waals surface area contributed by atoms with E-state index in [0.717, 1.165) is 12.8 Å². The fourth-order valence-electron chi connectivity index (χ4n) is 1.25. The molecule has 104 valence electrons. The van der Waals surface area contributed by atoms with Crippen LogP contribution in [-0.4, -0.2) is 23.3 Å². The molecule has 0 amide bonds. The summed E-state index contributed by atoms with van der Waals surface area (Å²) in [4.78, 5) is 27.8. The molecule has 1 aromatic rings. The second kappa shape index (κ2) is 8.42. The van der Waals surface area contributed by atoms with E-state index in [-0.39, 0.29) is 18.8 Å². The van der Waals surface area contributed by atoms with Crippen LogP contribution in [0.1, 0.15) is 32.6 Å². The standard InChI is InChI=1S/C13H17NO4S/c1-2-3-10-17-12(15)7-8-13(16)18-14-9-5-4-6-11(14)19/h4-6,9H,2-3,7-8,10H2,1H3. The highest BCUT2D eigenvalue weighted by Crippen LogP contribution is 1.98. The monoisotopic (exact) mass is 283 g/mol. The molecular formula is C13H17NO4S. The van der Waals surface area contributed by atoms with Gasteiger partial charge in [0.15, 0.2) is 0 Å². The number of aromatic nitrogens is 1. The van der Waals surface area contributed by atoms with E-state index in [4.69, 9.17) is 21.8 Å². The number of nitrogens with zero attached hydrogens (tertiary/aromatic N) is 1. The minimum atomic E-state index is -0.519. The highest BCUT2D eigenvalue weighted by Gasteiger charge is 2.10. The molecule has 0 aliphatic carbocycles. The number of hydrogen-bond donors (Lipinski definition) is 0. The Morgan fingerprint density at radius 1 is 1.26 bits per heavy atom. The van der Waals surface area contributed by atoms with Crippen molar-refractivity contribution in [3.8, 4) is 0 Å². The molecule has 1 rings (SSSR count). The van der Waals surface area contributed by atoms with Crippen molar-refractivity contribution >= 4 is 24.2 Å². The smallest absolute Gasteiger partial charge is 0.333 e. The highest BCUT2D eigenvalue weighted by molar-refractivity contribution is 7.71. The topological polar surface area (TPSA) is 57.5 Å². The molecule has 6 heteroatoms. The van der Waals surface area contributed by atoms with E-state index in [2.05, 4.69) is 0 Å². The third kappa shape index (κ3) is 6.15. The molecule has 0 bridgehead atoms. The number of rotatable bonds is 7. The average molecular weight is 283 g/mol. The Balaban J connectivity index is 2.30. The van der Waals surface area contributed by atoms with E-state index < -0.39 is 5.97 Å². The van der Waals surface area contributed by atoms with Gasteiger partial charge in [0, 0.05) is 6.20 Å². The van der Waals surface area contributed by atoms with Gasteiger partial charge in [-0.1, -0.05) is 31.6 Å². The summed E-state index contributed by atoms with van der Waals surface area (Å²) >= 11 is 4.97. The largest absolute Gasteiger partial charge is 0.466 e. The molecule has 0 fully saturated rings. The second-order valence-corrected chi connectivity index (χ2v) is 4.32. The van der Waals surface area contributed by atoms with Crippen LogP contribution in [0.3, 0.4) is 0 Å². The number of pyridine rings is 1. The minimum Gasteiger partial charge on any atom is -0.466 e. The van der Waals surface area contributed by atoms with Crippen molar-refractivity contribution < 1.29 is 19.2 Å². The Morgan fingerprint density at radius 3 is 2.68 bits per heavy atom. The van der Waals surface area contributed by atoms with Crippen LogP contribution in [0.25, 0.3) is 0 Å². The molecule has 0 aliphatic heterocycles. The first-order valence-electron chi connectivity index (χ1n) is 6.18. The van der Waals surface area contributed by atoms with Gasteiger partial charge < -0.3 is 9.57 Å². The van der Waals surface area contributed by atoms with Crippen LogP contribution in [0.5, 0.6) is 0 Å². The molecule has 1 aromatic heterocycles. The third-order valence-corrected chi connectivity index (χ3v) is 2.60. The first kappa shape index (κ1) is 15.4. The normalized spacial score (nSPS) is 9.95. The first-order valence-corrected chi connectivity index (χ1v) is 6.58. The van der Waals surface area contributed by atoms with Crippen LogP contribution in [0.15, 0.2) is 24.4 Å². The van der Waals surface area contributed by atoms with E-state index in [1.165, 1.54) is 4.73 Å². The third-order valence-electron chi connectivity index (χ3n) is 2.28. The lowest BCUT2D eigenvalue weighted by molar-refractivity contribution is -0.150. The number of hydrogen-bond acceptors (Lipinski definition) is 5. The zero-order valence-electron chi connectivity index (χ0n) is 10.8. The molecule has 5 nitrogen and oxygen atoms in total. The number of esters is 1. The minimum absolute atomic E-state index is 0.0166. The molecule has 0 spiro atoms. The van der Waals surface area contributed by atoms with Crippen molar-refractivity contribution in [3.05, 3.63) is 29.0 Å². The van der Waals surface area contributed by atoms with Crippen LogP contribution in [0.4, 0.5) is 0 Å². The number of ether oxygens (including phenoxy) is 1. The Bertz CT molecular complexity index is 484. The molecule has 0 aromatic carbocycles. The maximum absolute atomic E-state index is 11.5. The first-order chi connectivity index (χ1) is 9.13. The highest BCUT2D eigenvalue weighted by atomic mass is 32.1. The van der Waals surface area contributed by atoms with Gasteiger partial charge in [-0.25, -0.2) is 4.79 Å². The van der Waals surface area contributed by atoms with Crippen molar-refractivity contribution in [3.63, 3.8) is 0 Å². The lowest BCUT2D eigenvalue weighted by atomic mass is 10.3. The molecule has 0 saturated carbocycles. The second-order valence-electron chi connectivity index (χ2n) is 3.90. The summed E-state index contributed by atoms with van der Waals surface area (Å²) in [6, 6.07) is 5.08. The Kier molecular flexibility index (Phi) is 6.81. The summed E-state index contributed by atoms with van der Waals surface area (Å²) in [6.07, 6.45) is 3.32. The predicted octanol–water partition coefficient (Wildman–Crippen LogP) is 2.30. The quantitative estimate of drug-likeness (QED) is 0.436. The molecule has 0 atom stereocenters. The van der Waals surface area contributed by atoms with Gasteiger partial charge in [-0.15, -0.1) is 0 Å². The average Bonchev–Trinajstić information content (AvgIpc) is 2.39. The van der Waals surface area contributed by atoms with Gasteiger partial charge in [0.2, 0.25) is 0 Å². The number of carbonyl (C=O) groups excluding carboxylic acids is 2. The summed E-state index contributed by atoms with van der Waals surface area (Å²) in [5.41, 5.74) is 0. The summed E-state index contributed by atoms with van der Waals surface area (Å²) in [5.74, 6) is -0.906. The predicted molar refractivity (Wildman–Crippen MR) is 72.0 cm³/mol. The van der Waals surface area contributed by atoms with E-state index >= 15 is 0 Å². The van der Waals surface area contributed by atoms with E-state index in [1.54, 1.807) is 24.4 Å². The molecule has 19 heavy (non-hydrogen) atoms. The summed E-state index contributed by atoms with van der Waals surface area (Å²) < 4.78 is 6.52. The summed E-state index contributed by atoms with van der Waals surface area (Å²) in [5, 5.41) is 0. The summed E-state index contributed by atoms with van der Waals surface area (Å²) in [7, 11) is 0. The zero-order chi connectivity index (χ0) is 14.1. The fraction of sp³-hybridized carbons (Fsp3) is 0.462. The molecule has 0 aliphatic rings. The maximum atomic E-state index is 11.5. The van der Waals surface area contributed by atoms with Crippen molar-refractivity contribution in [1.82, 2.24) is 4.73 Å². The maximum Gasteiger partial charge on any atom is 0.333 e. The van der Waals surface area contributed by atoms with Crippen LogP contribution in [0, 0.1) is 4.64 Å². The van der Waals surface area contributed by atoms with Crippen molar-refractivity contribution in [2.75, 3.05) is 6.61 Å². The van der Waals surface area contributed by atoms with Crippen molar-refractivity contribution in [2.24, 2.45) is 0 Å². The molecule has 1 heterocycles. The molecule has 0 saturated heterocycles. The van der Waals surface area contributed by atoms with E-state index in [0.29, 0.717) is 11.2 Å². The van der Waals surface area contributed by atoms with Crippen LogP contribution >= 0.6 is 12.2 Å². The van der Waals surface area contributed by atoms with E-state index in [1.807, 2.05) is 6.92 Å². The van der Waals surface area contributed by atoms with Crippen LogP contribution < -0.4 is 4.84 Å². The SMILES string of the molecule is CCCCOC(=O)CCC(=O)On1ccccc1=S. The fourth-order valence-corrected chi connectivity index (χ4v) is 1.43. The Morgan fingerprint density at radius 2 is 2.00 bits per heavy atom. The number of carbonyl (C=O) groups is 2. The van der Waals surface area contributed by atoms with Gasteiger partial charge in [0.1, 0.15) is 4.64 Å². The van der Waals surface area contributed by atoms with Gasteiger partial charge in [-0.3, -0.25) is 4.79 Å². The molecule has 0 unspecified atom stereocenters.